The summed E-state index contributed by atoms with van der Waals surface area (Å²) in [5.74, 6) is -0.843. The van der Waals surface area contributed by atoms with Gasteiger partial charge in [-0.15, -0.1) is 0 Å². The molecule has 0 bridgehead atoms. The molecular formula is C19H22N2O5S. The van der Waals surface area contributed by atoms with Gasteiger partial charge in [0.2, 0.25) is 10.0 Å². The third-order valence-electron chi connectivity index (χ3n) is 3.91. The van der Waals surface area contributed by atoms with E-state index in [2.05, 4.69) is 5.32 Å². The van der Waals surface area contributed by atoms with Crippen LogP contribution in [-0.2, 0) is 14.8 Å². The average molecular weight is 390 g/mol. The summed E-state index contributed by atoms with van der Waals surface area (Å²) < 4.78 is 29.9. The molecule has 0 aromatic heterocycles. The molecule has 0 saturated carbocycles. The van der Waals surface area contributed by atoms with Crippen LogP contribution in [0.5, 0.6) is 0 Å². The van der Waals surface area contributed by atoms with E-state index >= 15 is 0 Å². The molecule has 8 heteroatoms. The van der Waals surface area contributed by atoms with Crippen molar-refractivity contribution >= 4 is 33.3 Å². The van der Waals surface area contributed by atoms with Gasteiger partial charge >= 0.3 is 5.97 Å². The van der Waals surface area contributed by atoms with Crippen molar-refractivity contribution < 1.29 is 22.7 Å². The molecule has 27 heavy (non-hydrogen) atoms. The van der Waals surface area contributed by atoms with Crippen molar-refractivity contribution in [2.75, 3.05) is 29.0 Å². The zero-order valence-electron chi connectivity index (χ0n) is 15.4. The molecule has 0 fully saturated rings. The second kappa shape index (κ2) is 8.68. The largest absolute Gasteiger partial charge is 0.462 e. The van der Waals surface area contributed by atoms with E-state index in [1.807, 2.05) is 0 Å². The second-order valence-corrected chi connectivity index (χ2v) is 7.96. The Balaban J connectivity index is 2.13. The highest BCUT2D eigenvalue weighted by Crippen LogP contribution is 2.19. The predicted octanol–water partition coefficient (Wildman–Crippen LogP) is 2.90. The fraction of sp³-hybridized carbons (Fsp3) is 0.263. The van der Waals surface area contributed by atoms with Gasteiger partial charge in [-0.3, -0.25) is 9.10 Å². The quantitative estimate of drug-likeness (QED) is 0.734. The van der Waals surface area contributed by atoms with Gasteiger partial charge in [0.25, 0.3) is 5.91 Å². The molecule has 0 aliphatic carbocycles. The Kier molecular flexibility index (Phi) is 6.57. The van der Waals surface area contributed by atoms with Crippen LogP contribution in [0, 0.1) is 0 Å². The molecule has 1 N–H and O–H groups in total. The van der Waals surface area contributed by atoms with Crippen LogP contribution in [0.15, 0.2) is 48.5 Å². The Morgan fingerprint density at radius 1 is 1.04 bits per heavy atom. The third-order valence-corrected chi connectivity index (χ3v) is 5.68. The first-order chi connectivity index (χ1) is 12.8. The first-order valence-corrected chi connectivity index (χ1v) is 10.0. The number of anilines is 2. The van der Waals surface area contributed by atoms with Gasteiger partial charge in [0.05, 0.1) is 23.6 Å². The molecule has 0 heterocycles. The lowest BCUT2D eigenvalue weighted by Gasteiger charge is -2.18. The second-order valence-electron chi connectivity index (χ2n) is 5.67. The van der Waals surface area contributed by atoms with Crippen LogP contribution in [0.2, 0.25) is 0 Å². The molecule has 0 spiro atoms. The van der Waals surface area contributed by atoms with Crippen molar-refractivity contribution in [2.45, 2.75) is 13.8 Å². The molecule has 0 aliphatic heterocycles. The molecule has 1 amide bonds. The van der Waals surface area contributed by atoms with Crippen LogP contribution in [0.3, 0.4) is 0 Å². The Labute approximate surface area is 159 Å². The summed E-state index contributed by atoms with van der Waals surface area (Å²) in [5, 5.41) is 2.71. The van der Waals surface area contributed by atoms with E-state index in [9.17, 15) is 18.0 Å². The Hall–Kier alpha value is -2.87. The van der Waals surface area contributed by atoms with Crippen LogP contribution in [0.25, 0.3) is 0 Å². The molecule has 2 rings (SSSR count). The van der Waals surface area contributed by atoms with Gasteiger partial charge in [0.1, 0.15) is 0 Å². The highest BCUT2D eigenvalue weighted by molar-refractivity contribution is 7.92. The summed E-state index contributed by atoms with van der Waals surface area (Å²) in [7, 11) is -1.89. The van der Waals surface area contributed by atoms with Gasteiger partial charge in [-0.25, -0.2) is 13.2 Å². The van der Waals surface area contributed by atoms with E-state index < -0.39 is 16.0 Å². The minimum Gasteiger partial charge on any atom is -0.462 e. The van der Waals surface area contributed by atoms with Crippen LogP contribution in [0.4, 0.5) is 11.4 Å². The smallest absolute Gasteiger partial charge is 0.338 e. The van der Waals surface area contributed by atoms with E-state index in [-0.39, 0.29) is 18.3 Å². The SMILES string of the molecule is CCOC(=O)c1cccc(NC(=O)c2ccc(N(C)S(=O)(=O)CC)cc2)c1. The molecule has 0 radical (unpaired) electrons. The maximum absolute atomic E-state index is 12.4. The Morgan fingerprint density at radius 2 is 1.70 bits per heavy atom. The van der Waals surface area contributed by atoms with Crippen LogP contribution >= 0.6 is 0 Å². The number of sulfonamides is 1. The summed E-state index contributed by atoms with van der Waals surface area (Å²) in [5.41, 5.74) is 1.64. The first-order valence-electron chi connectivity index (χ1n) is 8.43. The van der Waals surface area contributed by atoms with Crippen LogP contribution in [0.1, 0.15) is 34.6 Å². The number of carbonyl (C=O) groups excluding carboxylic acids is 2. The summed E-state index contributed by atoms with van der Waals surface area (Å²) in [4.78, 5) is 24.2. The van der Waals surface area contributed by atoms with E-state index in [1.165, 1.54) is 17.4 Å². The number of esters is 1. The third kappa shape index (κ3) is 5.07. The van der Waals surface area contributed by atoms with Gasteiger partial charge in [0, 0.05) is 18.3 Å². The maximum atomic E-state index is 12.4. The summed E-state index contributed by atoms with van der Waals surface area (Å²) >= 11 is 0. The molecule has 0 atom stereocenters. The number of nitrogens with one attached hydrogen (secondary N) is 1. The molecule has 0 aliphatic rings. The molecule has 2 aromatic carbocycles. The number of amides is 1. The number of carbonyl (C=O) groups is 2. The van der Waals surface area contributed by atoms with Crippen molar-refractivity contribution in [3.8, 4) is 0 Å². The number of hydrogen-bond acceptors (Lipinski definition) is 5. The van der Waals surface area contributed by atoms with Gasteiger partial charge in [0.15, 0.2) is 0 Å². The number of ether oxygens (including phenoxy) is 1. The number of hydrogen-bond donors (Lipinski definition) is 1. The number of benzene rings is 2. The topological polar surface area (TPSA) is 92.8 Å². The molecule has 0 saturated heterocycles. The highest BCUT2D eigenvalue weighted by atomic mass is 32.2. The molecule has 7 nitrogen and oxygen atoms in total. The van der Waals surface area contributed by atoms with E-state index in [0.29, 0.717) is 22.5 Å². The standard InChI is InChI=1S/C19H22N2O5S/c1-4-26-19(23)15-7-6-8-16(13-15)20-18(22)14-9-11-17(12-10-14)21(3)27(24,25)5-2/h6-13H,4-5H2,1-3H3,(H,20,22). The highest BCUT2D eigenvalue weighted by Gasteiger charge is 2.16. The minimum absolute atomic E-state index is 0.0114. The number of rotatable bonds is 7. The van der Waals surface area contributed by atoms with Crippen LogP contribution < -0.4 is 9.62 Å². The zero-order chi connectivity index (χ0) is 20.0. The fourth-order valence-corrected chi connectivity index (χ4v) is 3.15. The van der Waals surface area contributed by atoms with Gasteiger partial charge in [-0.1, -0.05) is 6.07 Å². The van der Waals surface area contributed by atoms with Crippen molar-refractivity contribution in [1.82, 2.24) is 0 Å². The predicted molar refractivity (Wildman–Crippen MR) is 105 cm³/mol. The van der Waals surface area contributed by atoms with Crippen molar-refractivity contribution in [2.24, 2.45) is 0 Å². The van der Waals surface area contributed by atoms with Crippen LogP contribution in [-0.4, -0.2) is 39.7 Å². The fourth-order valence-electron chi connectivity index (χ4n) is 2.32. The lowest BCUT2D eigenvalue weighted by Crippen LogP contribution is -2.28. The van der Waals surface area contributed by atoms with Gasteiger partial charge in [-0.05, 0) is 56.3 Å². The number of nitrogens with zero attached hydrogens (tertiary/aromatic N) is 1. The maximum Gasteiger partial charge on any atom is 0.338 e. The summed E-state index contributed by atoms with van der Waals surface area (Å²) in [6.45, 7) is 3.55. The van der Waals surface area contributed by atoms with E-state index in [4.69, 9.17) is 4.74 Å². The zero-order valence-corrected chi connectivity index (χ0v) is 16.2. The average Bonchev–Trinajstić information content (AvgIpc) is 2.68. The molecule has 144 valence electrons. The lowest BCUT2D eigenvalue weighted by atomic mass is 10.1. The molecule has 0 unspecified atom stereocenters. The van der Waals surface area contributed by atoms with Gasteiger partial charge < -0.3 is 10.1 Å². The van der Waals surface area contributed by atoms with Gasteiger partial charge in [-0.2, -0.15) is 0 Å². The summed E-state index contributed by atoms with van der Waals surface area (Å²) in [6, 6.07) is 12.7. The van der Waals surface area contributed by atoms with E-state index in [1.54, 1.807) is 56.3 Å². The first kappa shape index (κ1) is 20.4. The minimum atomic E-state index is -3.36. The normalized spacial score (nSPS) is 10.9. The monoisotopic (exact) mass is 390 g/mol. The van der Waals surface area contributed by atoms with E-state index in [0.717, 1.165) is 0 Å². The molecule has 2 aromatic rings. The van der Waals surface area contributed by atoms with Crippen molar-refractivity contribution in [1.29, 1.82) is 0 Å². The Bertz CT molecular complexity index is 923. The van der Waals surface area contributed by atoms with Crippen molar-refractivity contribution in [3.05, 3.63) is 59.7 Å². The lowest BCUT2D eigenvalue weighted by molar-refractivity contribution is 0.0526. The molecular weight excluding hydrogens is 368 g/mol. The summed E-state index contributed by atoms with van der Waals surface area (Å²) in [6.07, 6.45) is 0. The van der Waals surface area contributed by atoms with Crippen molar-refractivity contribution in [3.63, 3.8) is 0 Å². The Morgan fingerprint density at radius 3 is 2.30 bits per heavy atom.